The molecule has 1 aromatic carbocycles. The van der Waals surface area contributed by atoms with Gasteiger partial charge in [0.05, 0.1) is 7.11 Å². The molecular formula is C14H14O5. The Labute approximate surface area is 110 Å². The number of ether oxygens (including phenoxy) is 3. The predicted octanol–water partition coefficient (Wildman–Crippen LogP) is 1.86. The topological polar surface area (TPSA) is 61.8 Å². The predicted molar refractivity (Wildman–Crippen MR) is 65.3 cm³/mol. The number of aryl methyl sites for hydroxylation is 1. The van der Waals surface area contributed by atoms with E-state index in [0.29, 0.717) is 29.9 Å². The van der Waals surface area contributed by atoms with Gasteiger partial charge in [0.1, 0.15) is 5.41 Å². The van der Waals surface area contributed by atoms with E-state index in [1.807, 2.05) is 6.92 Å². The Kier molecular flexibility index (Phi) is 2.52. The molecule has 1 heterocycles. The minimum atomic E-state index is -0.979. The summed E-state index contributed by atoms with van der Waals surface area (Å²) in [6, 6.07) is 3.42. The summed E-state index contributed by atoms with van der Waals surface area (Å²) in [6.07, 6.45) is 1.10. The van der Waals surface area contributed by atoms with E-state index in [9.17, 15) is 9.59 Å². The van der Waals surface area contributed by atoms with E-state index in [1.54, 1.807) is 12.1 Å². The van der Waals surface area contributed by atoms with Crippen LogP contribution in [-0.4, -0.2) is 25.7 Å². The first-order valence-corrected chi connectivity index (χ1v) is 6.12. The lowest BCUT2D eigenvalue weighted by molar-refractivity contribution is -0.145. The van der Waals surface area contributed by atoms with Crippen LogP contribution < -0.4 is 9.47 Å². The molecule has 1 aliphatic heterocycles. The molecule has 1 fully saturated rings. The molecule has 19 heavy (non-hydrogen) atoms. The largest absolute Gasteiger partial charge is 0.468 e. The van der Waals surface area contributed by atoms with Crippen LogP contribution in [0.25, 0.3) is 0 Å². The Balaban J connectivity index is 1.99. The van der Waals surface area contributed by atoms with Crippen molar-refractivity contribution in [2.45, 2.75) is 19.8 Å². The number of carbonyl (C=O) groups excluding carboxylic acids is 2. The summed E-state index contributed by atoms with van der Waals surface area (Å²) >= 11 is 0. The maximum absolute atomic E-state index is 12.6. The van der Waals surface area contributed by atoms with Crippen LogP contribution in [0.3, 0.4) is 0 Å². The zero-order valence-electron chi connectivity index (χ0n) is 10.8. The number of hydrogen-bond donors (Lipinski definition) is 0. The lowest BCUT2D eigenvalue weighted by Crippen LogP contribution is -2.27. The van der Waals surface area contributed by atoms with Crippen molar-refractivity contribution in [1.29, 1.82) is 0 Å². The highest BCUT2D eigenvalue weighted by molar-refractivity contribution is 6.15. The second kappa shape index (κ2) is 3.98. The average Bonchev–Trinajstić information content (AvgIpc) is 3.10. The monoisotopic (exact) mass is 262 g/mol. The summed E-state index contributed by atoms with van der Waals surface area (Å²) in [5.74, 6) is 0.552. The van der Waals surface area contributed by atoms with E-state index in [4.69, 9.17) is 14.2 Å². The number of esters is 1. The highest BCUT2D eigenvalue weighted by atomic mass is 16.7. The fourth-order valence-electron chi connectivity index (χ4n) is 2.39. The van der Waals surface area contributed by atoms with Crippen LogP contribution in [-0.2, 0) is 9.53 Å². The van der Waals surface area contributed by atoms with Crippen LogP contribution in [0.2, 0.25) is 0 Å². The number of carbonyl (C=O) groups is 2. The molecular weight excluding hydrogens is 248 g/mol. The van der Waals surface area contributed by atoms with Gasteiger partial charge in [-0.05, 0) is 37.5 Å². The third-order valence-corrected chi connectivity index (χ3v) is 3.72. The van der Waals surface area contributed by atoms with Gasteiger partial charge in [-0.25, -0.2) is 0 Å². The first kappa shape index (κ1) is 12.0. The van der Waals surface area contributed by atoms with Gasteiger partial charge in [0.25, 0.3) is 0 Å². The molecule has 1 aliphatic carbocycles. The van der Waals surface area contributed by atoms with E-state index in [0.717, 1.165) is 5.56 Å². The molecule has 0 radical (unpaired) electrons. The molecule has 0 spiro atoms. The number of Topliss-reactive ketones (excluding diaryl/α,β-unsaturated/α-hetero) is 1. The number of methoxy groups -OCH3 is 1. The Hall–Kier alpha value is -2.04. The highest BCUT2D eigenvalue weighted by Gasteiger charge is 2.58. The summed E-state index contributed by atoms with van der Waals surface area (Å²) < 4.78 is 15.3. The lowest BCUT2D eigenvalue weighted by Gasteiger charge is -2.13. The normalized spacial score (nSPS) is 18.0. The SMILES string of the molecule is COC(=O)C1(C(=O)c2cc3c(cc2C)OCO3)CC1. The number of benzene rings is 1. The zero-order chi connectivity index (χ0) is 13.6. The first-order valence-electron chi connectivity index (χ1n) is 6.12. The summed E-state index contributed by atoms with van der Waals surface area (Å²) in [5.41, 5.74) is 0.310. The van der Waals surface area contributed by atoms with Crippen molar-refractivity contribution in [3.05, 3.63) is 23.3 Å². The molecule has 100 valence electrons. The van der Waals surface area contributed by atoms with Crippen LogP contribution in [0.4, 0.5) is 0 Å². The molecule has 0 saturated heterocycles. The van der Waals surface area contributed by atoms with E-state index in [-0.39, 0.29) is 12.6 Å². The smallest absolute Gasteiger partial charge is 0.319 e. The minimum absolute atomic E-state index is 0.161. The molecule has 0 N–H and O–H groups in total. The van der Waals surface area contributed by atoms with E-state index >= 15 is 0 Å². The third-order valence-electron chi connectivity index (χ3n) is 3.72. The van der Waals surface area contributed by atoms with Crippen LogP contribution >= 0.6 is 0 Å². The second-order valence-electron chi connectivity index (χ2n) is 4.92. The minimum Gasteiger partial charge on any atom is -0.468 e. The van der Waals surface area contributed by atoms with Crippen molar-refractivity contribution in [3.8, 4) is 11.5 Å². The van der Waals surface area contributed by atoms with Crippen LogP contribution in [0.15, 0.2) is 12.1 Å². The van der Waals surface area contributed by atoms with Crippen molar-refractivity contribution in [1.82, 2.24) is 0 Å². The summed E-state index contributed by atoms with van der Waals surface area (Å²) in [5, 5.41) is 0. The fourth-order valence-corrected chi connectivity index (χ4v) is 2.39. The molecule has 3 rings (SSSR count). The van der Waals surface area contributed by atoms with Gasteiger partial charge < -0.3 is 14.2 Å². The zero-order valence-corrected chi connectivity index (χ0v) is 10.8. The summed E-state index contributed by atoms with van der Waals surface area (Å²) in [4.78, 5) is 24.3. The molecule has 1 aromatic rings. The van der Waals surface area contributed by atoms with Gasteiger partial charge in [0, 0.05) is 5.56 Å². The van der Waals surface area contributed by atoms with Gasteiger partial charge in [-0.3, -0.25) is 9.59 Å². The highest BCUT2D eigenvalue weighted by Crippen LogP contribution is 2.50. The van der Waals surface area contributed by atoms with E-state index < -0.39 is 11.4 Å². The summed E-state index contributed by atoms with van der Waals surface area (Å²) in [7, 11) is 1.31. The van der Waals surface area contributed by atoms with Gasteiger partial charge in [-0.1, -0.05) is 0 Å². The molecule has 0 atom stereocenters. The van der Waals surface area contributed by atoms with E-state index in [2.05, 4.69) is 0 Å². The molecule has 2 aliphatic rings. The van der Waals surface area contributed by atoms with Crippen LogP contribution in [0.1, 0.15) is 28.8 Å². The van der Waals surface area contributed by atoms with Gasteiger partial charge in [0.15, 0.2) is 17.3 Å². The first-order chi connectivity index (χ1) is 9.08. The number of fused-ring (bicyclic) bond motifs is 1. The molecule has 1 saturated carbocycles. The lowest BCUT2D eigenvalue weighted by atomic mass is 9.91. The van der Waals surface area contributed by atoms with Crippen molar-refractivity contribution in [3.63, 3.8) is 0 Å². The number of ketones is 1. The summed E-state index contributed by atoms with van der Waals surface area (Å²) in [6.45, 7) is 1.98. The maximum Gasteiger partial charge on any atom is 0.319 e. The average molecular weight is 262 g/mol. The second-order valence-corrected chi connectivity index (χ2v) is 4.92. The number of hydrogen-bond acceptors (Lipinski definition) is 5. The third kappa shape index (κ3) is 1.69. The Morgan fingerprint density at radius 1 is 1.21 bits per heavy atom. The van der Waals surface area contributed by atoms with Crippen molar-refractivity contribution < 1.29 is 23.8 Å². The molecule has 5 nitrogen and oxygen atoms in total. The van der Waals surface area contributed by atoms with Crippen molar-refractivity contribution in [2.75, 3.05) is 13.9 Å². The Bertz CT molecular complexity index is 571. The van der Waals surface area contributed by atoms with Crippen LogP contribution in [0.5, 0.6) is 11.5 Å². The van der Waals surface area contributed by atoms with Crippen LogP contribution in [0, 0.1) is 12.3 Å². The number of rotatable bonds is 3. The Morgan fingerprint density at radius 2 is 1.84 bits per heavy atom. The molecule has 0 bridgehead atoms. The standard InChI is InChI=1S/C14H14O5/c1-8-5-10-11(19-7-18-10)6-9(8)12(15)14(3-4-14)13(16)17-2/h5-6H,3-4,7H2,1-2H3. The molecule has 0 aromatic heterocycles. The Morgan fingerprint density at radius 3 is 2.42 bits per heavy atom. The van der Waals surface area contributed by atoms with Crippen molar-refractivity contribution in [2.24, 2.45) is 5.41 Å². The van der Waals surface area contributed by atoms with Gasteiger partial charge >= 0.3 is 5.97 Å². The fraction of sp³-hybridized carbons (Fsp3) is 0.429. The van der Waals surface area contributed by atoms with Gasteiger partial charge in [-0.15, -0.1) is 0 Å². The maximum atomic E-state index is 12.6. The molecule has 0 unspecified atom stereocenters. The quantitative estimate of drug-likeness (QED) is 0.472. The van der Waals surface area contributed by atoms with Crippen molar-refractivity contribution >= 4 is 11.8 Å². The molecule has 5 heteroatoms. The molecule has 0 amide bonds. The van der Waals surface area contributed by atoms with Gasteiger partial charge in [-0.2, -0.15) is 0 Å². The van der Waals surface area contributed by atoms with Gasteiger partial charge in [0.2, 0.25) is 6.79 Å². The van der Waals surface area contributed by atoms with E-state index in [1.165, 1.54) is 7.11 Å².